The van der Waals surface area contributed by atoms with Crippen molar-refractivity contribution in [2.75, 3.05) is 31.6 Å². The molecule has 0 bridgehead atoms. The average Bonchev–Trinajstić information content (AvgIpc) is 3.03. The fourth-order valence-electron chi connectivity index (χ4n) is 2.22. The molecule has 0 aliphatic heterocycles. The number of carbonyl (C=O) groups is 2. The minimum atomic E-state index is -0.202. The zero-order valence-corrected chi connectivity index (χ0v) is 14.9. The Bertz CT molecular complexity index is 670. The van der Waals surface area contributed by atoms with Gasteiger partial charge in [-0.05, 0) is 37.6 Å². The van der Waals surface area contributed by atoms with Crippen LogP contribution in [0.25, 0.3) is 0 Å². The third-order valence-corrected chi connectivity index (χ3v) is 4.56. The van der Waals surface area contributed by atoms with Gasteiger partial charge in [0.15, 0.2) is 0 Å². The largest absolute Gasteiger partial charge is 0.375 e. The summed E-state index contributed by atoms with van der Waals surface area (Å²) in [5.41, 5.74) is 1.15. The molecule has 0 unspecified atom stereocenters. The minimum Gasteiger partial charge on any atom is -0.375 e. The van der Waals surface area contributed by atoms with E-state index in [4.69, 9.17) is 0 Å². The Morgan fingerprint density at radius 2 is 1.83 bits per heavy atom. The number of thiophene rings is 1. The molecule has 2 N–H and O–H groups in total. The maximum absolute atomic E-state index is 11.9. The summed E-state index contributed by atoms with van der Waals surface area (Å²) < 4.78 is 0. The van der Waals surface area contributed by atoms with Gasteiger partial charge in [0.2, 0.25) is 5.91 Å². The van der Waals surface area contributed by atoms with Crippen molar-refractivity contribution >= 4 is 28.8 Å². The maximum Gasteiger partial charge on any atom is 0.261 e. The van der Waals surface area contributed by atoms with Crippen molar-refractivity contribution in [3.8, 4) is 0 Å². The Morgan fingerprint density at radius 3 is 2.50 bits per heavy atom. The number of benzene rings is 1. The number of aryl methyl sites for hydroxylation is 1. The van der Waals surface area contributed by atoms with Crippen molar-refractivity contribution in [1.29, 1.82) is 0 Å². The van der Waals surface area contributed by atoms with Crippen LogP contribution >= 0.6 is 11.3 Å². The van der Waals surface area contributed by atoms with E-state index in [9.17, 15) is 9.59 Å². The summed E-state index contributed by atoms with van der Waals surface area (Å²) in [6, 6.07) is 13.8. The quantitative estimate of drug-likeness (QED) is 0.723. The van der Waals surface area contributed by atoms with Gasteiger partial charge >= 0.3 is 0 Å². The molecule has 6 heteroatoms. The standard InChI is InChI=1S/C18H23N3O2S/c1-14-9-10-16(24-14)18(23)20-13-17(22)19-11-6-12-21(2)15-7-4-3-5-8-15/h3-5,7-10H,6,11-13H2,1-2H3,(H,19,22)(H,20,23). The second kappa shape index (κ2) is 9.08. The molecule has 24 heavy (non-hydrogen) atoms. The van der Waals surface area contributed by atoms with E-state index in [-0.39, 0.29) is 18.4 Å². The lowest BCUT2D eigenvalue weighted by Gasteiger charge is -2.19. The molecule has 1 aromatic heterocycles. The van der Waals surface area contributed by atoms with Crippen molar-refractivity contribution in [2.24, 2.45) is 0 Å². The van der Waals surface area contributed by atoms with Crippen molar-refractivity contribution in [1.82, 2.24) is 10.6 Å². The first-order chi connectivity index (χ1) is 11.6. The van der Waals surface area contributed by atoms with Crippen LogP contribution < -0.4 is 15.5 Å². The second-order valence-electron chi connectivity index (χ2n) is 5.55. The normalized spacial score (nSPS) is 10.2. The van der Waals surface area contributed by atoms with Crippen molar-refractivity contribution in [2.45, 2.75) is 13.3 Å². The van der Waals surface area contributed by atoms with Crippen molar-refractivity contribution in [3.63, 3.8) is 0 Å². The van der Waals surface area contributed by atoms with Crippen LogP contribution in [-0.2, 0) is 4.79 Å². The average molecular weight is 345 g/mol. The third kappa shape index (κ3) is 5.70. The number of carbonyl (C=O) groups excluding carboxylic acids is 2. The summed E-state index contributed by atoms with van der Waals surface area (Å²) in [4.78, 5) is 27.5. The van der Waals surface area contributed by atoms with Crippen LogP contribution in [0.4, 0.5) is 5.69 Å². The molecular weight excluding hydrogens is 322 g/mol. The van der Waals surface area contributed by atoms with E-state index < -0.39 is 0 Å². The first kappa shape index (κ1) is 18.0. The molecule has 2 rings (SSSR count). The van der Waals surface area contributed by atoms with Crippen molar-refractivity contribution in [3.05, 3.63) is 52.2 Å². The zero-order valence-electron chi connectivity index (χ0n) is 14.0. The zero-order chi connectivity index (χ0) is 17.4. The van der Waals surface area contributed by atoms with Crippen LogP contribution in [0.2, 0.25) is 0 Å². The maximum atomic E-state index is 11.9. The lowest BCUT2D eigenvalue weighted by Crippen LogP contribution is -2.37. The fraction of sp³-hybridized carbons (Fsp3) is 0.333. The van der Waals surface area contributed by atoms with Crippen LogP contribution in [-0.4, -0.2) is 38.5 Å². The summed E-state index contributed by atoms with van der Waals surface area (Å²) in [6.07, 6.45) is 0.842. The highest BCUT2D eigenvalue weighted by Gasteiger charge is 2.09. The van der Waals surface area contributed by atoms with Gasteiger partial charge in [0.05, 0.1) is 11.4 Å². The predicted molar refractivity (Wildman–Crippen MR) is 98.7 cm³/mol. The van der Waals surface area contributed by atoms with E-state index in [1.165, 1.54) is 11.3 Å². The molecule has 0 radical (unpaired) electrons. The highest BCUT2D eigenvalue weighted by molar-refractivity contribution is 7.13. The van der Waals surface area contributed by atoms with E-state index in [1.54, 1.807) is 6.07 Å². The van der Waals surface area contributed by atoms with Crippen LogP contribution in [0.1, 0.15) is 21.0 Å². The molecule has 0 atom stereocenters. The first-order valence-corrected chi connectivity index (χ1v) is 8.75. The fourth-order valence-corrected chi connectivity index (χ4v) is 3.01. The molecule has 0 saturated heterocycles. The number of rotatable bonds is 8. The number of nitrogens with zero attached hydrogens (tertiary/aromatic N) is 1. The molecular formula is C18H23N3O2S. The molecule has 2 aromatic rings. The summed E-state index contributed by atoms with van der Waals surface area (Å²) in [7, 11) is 2.03. The summed E-state index contributed by atoms with van der Waals surface area (Å²) in [6.45, 7) is 3.39. The molecule has 0 aliphatic carbocycles. The van der Waals surface area contributed by atoms with Gasteiger partial charge < -0.3 is 15.5 Å². The highest BCUT2D eigenvalue weighted by atomic mass is 32.1. The topological polar surface area (TPSA) is 61.4 Å². The lowest BCUT2D eigenvalue weighted by molar-refractivity contribution is -0.120. The molecule has 1 aromatic carbocycles. The number of hydrogen-bond donors (Lipinski definition) is 2. The Balaban J connectivity index is 1.60. The minimum absolute atomic E-state index is 0.00427. The van der Waals surface area contributed by atoms with E-state index in [0.29, 0.717) is 11.4 Å². The Labute approximate surface area is 146 Å². The Kier molecular flexibility index (Phi) is 6.81. The molecule has 1 heterocycles. The number of nitrogens with one attached hydrogen (secondary N) is 2. The van der Waals surface area contributed by atoms with E-state index in [1.807, 2.05) is 38.2 Å². The monoisotopic (exact) mass is 345 g/mol. The van der Waals surface area contributed by atoms with Crippen molar-refractivity contribution < 1.29 is 9.59 Å². The Hall–Kier alpha value is -2.34. The first-order valence-electron chi connectivity index (χ1n) is 7.94. The lowest BCUT2D eigenvalue weighted by atomic mass is 10.3. The second-order valence-corrected chi connectivity index (χ2v) is 6.84. The molecule has 5 nitrogen and oxygen atoms in total. The van der Waals surface area contributed by atoms with Gasteiger partial charge in [-0.2, -0.15) is 0 Å². The van der Waals surface area contributed by atoms with Crippen LogP contribution in [0.5, 0.6) is 0 Å². The SMILES string of the molecule is Cc1ccc(C(=O)NCC(=O)NCCCN(C)c2ccccc2)s1. The number of anilines is 1. The number of amides is 2. The highest BCUT2D eigenvalue weighted by Crippen LogP contribution is 2.14. The van der Waals surface area contributed by atoms with E-state index in [0.717, 1.165) is 23.5 Å². The van der Waals surface area contributed by atoms with Gasteiger partial charge in [-0.25, -0.2) is 0 Å². The third-order valence-electron chi connectivity index (χ3n) is 3.56. The molecule has 0 aliphatic rings. The van der Waals surface area contributed by atoms with Gasteiger partial charge in [-0.15, -0.1) is 11.3 Å². The summed E-state index contributed by atoms with van der Waals surface area (Å²) in [5.74, 6) is -0.369. The molecule has 0 fully saturated rings. The van der Waals surface area contributed by atoms with E-state index >= 15 is 0 Å². The molecule has 0 spiro atoms. The van der Waals surface area contributed by atoms with Crippen LogP contribution in [0.15, 0.2) is 42.5 Å². The molecule has 0 saturated carbocycles. The van der Waals surface area contributed by atoms with Gasteiger partial charge in [0.1, 0.15) is 0 Å². The van der Waals surface area contributed by atoms with Crippen LogP contribution in [0.3, 0.4) is 0 Å². The van der Waals surface area contributed by atoms with Gasteiger partial charge in [0, 0.05) is 30.7 Å². The van der Waals surface area contributed by atoms with Crippen LogP contribution in [0, 0.1) is 6.92 Å². The smallest absolute Gasteiger partial charge is 0.261 e. The van der Waals surface area contributed by atoms with Gasteiger partial charge in [0.25, 0.3) is 5.91 Å². The summed E-state index contributed by atoms with van der Waals surface area (Å²) in [5, 5.41) is 5.46. The van der Waals surface area contributed by atoms with E-state index in [2.05, 4.69) is 27.7 Å². The molecule has 128 valence electrons. The predicted octanol–water partition coefficient (Wildman–Crippen LogP) is 2.43. The Morgan fingerprint density at radius 1 is 1.08 bits per heavy atom. The molecule has 2 amide bonds. The summed E-state index contributed by atoms with van der Waals surface area (Å²) >= 11 is 1.42. The van der Waals surface area contributed by atoms with Gasteiger partial charge in [-0.3, -0.25) is 9.59 Å². The number of para-hydroxylation sites is 1. The van der Waals surface area contributed by atoms with Gasteiger partial charge in [-0.1, -0.05) is 18.2 Å². The number of hydrogen-bond acceptors (Lipinski definition) is 4.